The highest BCUT2D eigenvalue weighted by Crippen LogP contribution is 2.35. The molecule has 4 aromatic heterocycles. The molecule has 0 amide bonds. The number of sulfonamides is 1. The van der Waals surface area contributed by atoms with E-state index in [1.807, 2.05) is 20.8 Å². The van der Waals surface area contributed by atoms with E-state index in [0.717, 1.165) is 5.56 Å². The van der Waals surface area contributed by atoms with Gasteiger partial charge in [0.2, 0.25) is 21.9 Å². The summed E-state index contributed by atoms with van der Waals surface area (Å²) in [7, 11) is -2.46. The minimum Gasteiger partial charge on any atom is -0.481 e. The van der Waals surface area contributed by atoms with E-state index in [9.17, 15) is 8.42 Å². The molecule has 0 aliphatic carbocycles. The number of anilines is 1. The normalized spacial score (nSPS) is 14.2. The maximum Gasteiger partial charge on any atom is 0.239 e. The summed E-state index contributed by atoms with van der Waals surface area (Å²) in [6.45, 7) is 8.94. The van der Waals surface area contributed by atoms with E-state index in [1.165, 1.54) is 19.5 Å². The number of pyridine rings is 1. The number of aromatic nitrogens is 7. The van der Waals surface area contributed by atoms with E-state index in [-0.39, 0.29) is 5.95 Å². The van der Waals surface area contributed by atoms with Crippen LogP contribution in [-0.4, -0.2) is 55.7 Å². The molecule has 0 bridgehead atoms. The second kappa shape index (κ2) is 11.0. The lowest BCUT2D eigenvalue weighted by molar-refractivity contribution is 0.390. The molecule has 0 fully saturated rings. The molecular formula is C24H29ClN8O4S. The molecule has 0 spiro atoms. The van der Waals surface area contributed by atoms with Gasteiger partial charge in [-0.3, -0.25) is 9.29 Å². The molecule has 14 heteroatoms. The van der Waals surface area contributed by atoms with Gasteiger partial charge in [-0.1, -0.05) is 36.7 Å². The molecule has 0 aliphatic heterocycles. The van der Waals surface area contributed by atoms with Crippen molar-refractivity contribution in [1.82, 2.24) is 34.9 Å². The van der Waals surface area contributed by atoms with Crippen LogP contribution >= 0.6 is 11.6 Å². The van der Waals surface area contributed by atoms with Crippen LogP contribution in [-0.2, 0) is 10.0 Å². The Kier molecular flexibility index (Phi) is 7.97. The van der Waals surface area contributed by atoms with Gasteiger partial charge in [-0.2, -0.15) is 0 Å². The zero-order valence-corrected chi connectivity index (χ0v) is 23.4. The Morgan fingerprint density at radius 2 is 1.87 bits per heavy atom. The first kappa shape index (κ1) is 27.5. The van der Waals surface area contributed by atoms with Gasteiger partial charge < -0.3 is 9.26 Å². The molecule has 0 unspecified atom stereocenters. The van der Waals surface area contributed by atoms with Gasteiger partial charge in [-0.05, 0) is 33.3 Å². The third-order valence-electron chi connectivity index (χ3n) is 6.45. The second-order valence-corrected chi connectivity index (χ2v) is 11.3. The maximum absolute atomic E-state index is 13.6. The fourth-order valence-electron chi connectivity index (χ4n) is 4.22. The number of aryl methyl sites for hydroxylation is 2. The van der Waals surface area contributed by atoms with Gasteiger partial charge in [0.05, 0.1) is 29.1 Å². The molecule has 12 nitrogen and oxygen atoms in total. The largest absolute Gasteiger partial charge is 0.481 e. The molecule has 0 radical (unpaired) electrons. The monoisotopic (exact) mass is 560 g/mol. The summed E-state index contributed by atoms with van der Waals surface area (Å²) in [5.41, 5.74) is 1.96. The molecule has 3 atom stereocenters. The lowest BCUT2D eigenvalue weighted by Crippen LogP contribution is -2.32. The summed E-state index contributed by atoms with van der Waals surface area (Å²) in [6.07, 6.45) is 3.44. The zero-order chi connectivity index (χ0) is 27.6. The van der Waals surface area contributed by atoms with Gasteiger partial charge in [-0.15, -0.1) is 10.2 Å². The quantitative estimate of drug-likeness (QED) is 0.296. The number of halogens is 1. The predicted molar refractivity (Wildman–Crippen MR) is 142 cm³/mol. The fraction of sp³-hybridized carbons (Fsp3) is 0.417. The van der Waals surface area contributed by atoms with Crippen molar-refractivity contribution in [2.24, 2.45) is 0 Å². The molecule has 202 valence electrons. The standard InChI is InChI=1S/C24H29ClN8O4S/c1-7-19(21-14(3)31-37-15(21)4)33-23(18-9-8-10-20(28-18)36-6)29-30-24(33)32-38(34,35)16(5)13(2)22-26-11-17(25)12-27-22/h8-13,16,19H,7H2,1-6H3,(H,30,32)/t13-,16-,19-/m0/s1. The lowest BCUT2D eigenvalue weighted by atomic mass is 10.0. The fourth-order valence-corrected chi connectivity index (χ4v) is 5.56. The van der Waals surface area contributed by atoms with E-state index in [0.29, 0.717) is 46.1 Å². The minimum absolute atomic E-state index is 0.0348. The van der Waals surface area contributed by atoms with E-state index in [1.54, 1.807) is 36.6 Å². The Hall–Kier alpha value is -3.58. The molecule has 1 N–H and O–H groups in total. The van der Waals surface area contributed by atoms with E-state index in [4.69, 9.17) is 20.9 Å². The third kappa shape index (κ3) is 5.34. The van der Waals surface area contributed by atoms with Crippen molar-refractivity contribution in [1.29, 1.82) is 0 Å². The third-order valence-corrected chi connectivity index (χ3v) is 8.50. The van der Waals surface area contributed by atoms with Crippen LogP contribution in [0.4, 0.5) is 5.95 Å². The Morgan fingerprint density at radius 1 is 1.16 bits per heavy atom. The Morgan fingerprint density at radius 3 is 2.47 bits per heavy atom. The van der Waals surface area contributed by atoms with Gasteiger partial charge in [0.15, 0.2) is 5.82 Å². The Balaban J connectivity index is 1.80. The Labute approximate surface area is 225 Å². The number of hydrogen-bond acceptors (Lipinski definition) is 10. The molecule has 0 aliphatic rings. The molecule has 4 heterocycles. The van der Waals surface area contributed by atoms with Crippen molar-refractivity contribution in [2.75, 3.05) is 11.8 Å². The summed E-state index contributed by atoms with van der Waals surface area (Å²) in [4.78, 5) is 12.9. The molecular weight excluding hydrogens is 532 g/mol. The topological polar surface area (TPSA) is 151 Å². The number of rotatable bonds is 10. The van der Waals surface area contributed by atoms with Crippen molar-refractivity contribution in [2.45, 2.75) is 58.2 Å². The van der Waals surface area contributed by atoms with Gasteiger partial charge in [0.25, 0.3) is 0 Å². The number of nitrogens with zero attached hydrogens (tertiary/aromatic N) is 7. The highest BCUT2D eigenvalue weighted by molar-refractivity contribution is 7.93. The van der Waals surface area contributed by atoms with E-state index >= 15 is 0 Å². The first-order valence-corrected chi connectivity index (χ1v) is 13.9. The summed E-state index contributed by atoms with van der Waals surface area (Å²) in [5, 5.41) is 12.1. The zero-order valence-electron chi connectivity index (χ0n) is 21.9. The van der Waals surface area contributed by atoms with Gasteiger partial charge in [0, 0.05) is 29.9 Å². The van der Waals surface area contributed by atoms with Crippen molar-refractivity contribution < 1.29 is 17.7 Å². The van der Waals surface area contributed by atoms with Crippen molar-refractivity contribution in [3.8, 4) is 17.4 Å². The smallest absolute Gasteiger partial charge is 0.239 e. The van der Waals surface area contributed by atoms with E-state index < -0.39 is 27.2 Å². The highest BCUT2D eigenvalue weighted by Gasteiger charge is 2.33. The van der Waals surface area contributed by atoms with Crippen LogP contribution in [0.25, 0.3) is 11.5 Å². The van der Waals surface area contributed by atoms with Gasteiger partial charge in [0.1, 0.15) is 17.3 Å². The van der Waals surface area contributed by atoms with Crippen LogP contribution in [0, 0.1) is 13.8 Å². The molecule has 38 heavy (non-hydrogen) atoms. The molecule has 0 aromatic carbocycles. The summed E-state index contributed by atoms with van der Waals surface area (Å²) in [5.74, 6) is 1.21. The first-order valence-electron chi connectivity index (χ1n) is 12.0. The van der Waals surface area contributed by atoms with Crippen molar-refractivity contribution in [3.05, 3.63) is 58.5 Å². The van der Waals surface area contributed by atoms with Gasteiger partial charge in [-0.25, -0.2) is 23.4 Å². The second-order valence-electron chi connectivity index (χ2n) is 8.84. The highest BCUT2D eigenvalue weighted by atomic mass is 35.5. The van der Waals surface area contributed by atoms with Crippen LogP contribution in [0.1, 0.15) is 62.0 Å². The predicted octanol–water partition coefficient (Wildman–Crippen LogP) is 4.33. The maximum atomic E-state index is 13.6. The van der Waals surface area contributed by atoms with Crippen LogP contribution in [0.2, 0.25) is 5.02 Å². The summed E-state index contributed by atoms with van der Waals surface area (Å²) in [6, 6.07) is 4.84. The molecule has 4 rings (SSSR count). The molecule has 0 saturated carbocycles. The average molecular weight is 561 g/mol. The van der Waals surface area contributed by atoms with Gasteiger partial charge >= 0.3 is 0 Å². The van der Waals surface area contributed by atoms with E-state index in [2.05, 4.69) is 35.0 Å². The van der Waals surface area contributed by atoms with Crippen LogP contribution in [0.15, 0.2) is 35.1 Å². The first-order chi connectivity index (χ1) is 18.1. The number of hydrogen-bond donors (Lipinski definition) is 1. The minimum atomic E-state index is -3.98. The number of ether oxygens (including phenoxy) is 1. The lowest BCUT2D eigenvalue weighted by Gasteiger charge is -2.23. The summed E-state index contributed by atoms with van der Waals surface area (Å²) < 4.78 is 42.2. The van der Waals surface area contributed by atoms with Crippen molar-refractivity contribution >= 4 is 27.6 Å². The summed E-state index contributed by atoms with van der Waals surface area (Å²) >= 11 is 5.89. The van der Waals surface area contributed by atoms with Crippen LogP contribution in [0.5, 0.6) is 5.88 Å². The average Bonchev–Trinajstić information content (AvgIpc) is 3.47. The Bertz CT molecular complexity index is 1500. The van der Waals surface area contributed by atoms with Crippen molar-refractivity contribution in [3.63, 3.8) is 0 Å². The van der Waals surface area contributed by atoms with Crippen LogP contribution in [0.3, 0.4) is 0 Å². The molecule has 0 saturated heterocycles. The number of nitrogens with one attached hydrogen (secondary N) is 1. The van der Waals surface area contributed by atoms with Crippen LogP contribution < -0.4 is 9.46 Å². The SMILES string of the molecule is CC[C@@H](c1c(C)noc1C)n1c(NS(=O)(=O)[C@@H](C)[C@H](C)c2ncc(Cl)cn2)nnc1-c1cccc(OC)n1. The number of methoxy groups -OCH3 is 1. The molecule has 4 aromatic rings.